The van der Waals surface area contributed by atoms with Gasteiger partial charge in [0.05, 0.1) is 6.04 Å². The van der Waals surface area contributed by atoms with Gasteiger partial charge in [-0.3, -0.25) is 4.79 Å². The van der Waals surface area contributed by atoms with E-state index >= 15 is 0 Å². The smallest absolute Gasteiger partial charge is 0.153 e. The highest BCUT2D eigenvalue weighted by atomic mass is 16.3. The molecule has 4 nitrogen and oxygen atoms in total. The molecule has 0 amide bonds. The van der Waals surface area contributed by atoms with Crippen LogP contribution in [0.15, 0.2) is 24.3 Å². The molecule has 4 heteroatoms. The van der Waals surface area contributed by atoms with Gasteiger partial charge in [-0.1, -0.05) is 12.1 Å². The zero-order valence-corrected chi connectivity index (χ0v) is 9.44. The van der Waals surface area contributed by atoms with Crippen molar-refractivity contribution in [1.29, 1.82) is 0 Å². The molecule has 0 aromatic heterocycles. The molecule has 0 saturated heterocycles. The van der Waals surface area contributed by atoms with Gasteiger partial charge < -0.3 is 16.2 Å². The first-order valence-corrected chi connectivity index (χ1v) is 5.34. The molecule has 1 rings (SSSR count). The molecule has 0 saturated carbocycles. The summed E-state index contributed by atoms with van der Waals surface area (Å²) in [6.45, 7) is 0.729. The lowest BCUT2D eigenvalue weighted by Gasteiger charge is -2.10. The molecule has 0 aliphatic heterocycles. The Morgan fingerprint density at radius 2 is 2.31 bits per heavy atom. The molecule has 1 aromatic carbocycles. The van der Waals surface area contributed by atoms with Gasteiger partial charge in [0.15, 0.2) is 5.78 Å². The highest BCUT2D eigenvalue weighted by molar-refractivity contribution is 5.85. The van der Waals surface area contributed by atoms with Crippen LogP contribution in [-0.4, -0.2) is 30.5 Å². The molecule has 16 heavy (non-hydrogen) atoms. The number of hydrogen-bond acceptors (Lipinski definition) is 4. The van der Waals surface area contributed by atoms with E-state index in [0.717, 1.165) is 12.1 Å². The molecule has 1 aromatic rings. The zero-order valence-electron chi connectivity index (χ0n) is 9.44. The van der Waals surface area contributed by atoms with Gasteiger partial charge in [0.25, 0.3) is 0 Å². The molecule has 0 aliphatic carbocycles. The van der Waals surface area contributed by atoms with Crippen molar-refractivity contribution in [3.63, 3.8) is 0 Å². The Labute approximate surface area is 95.5 Å². The fourth-order valence-corrected chi connectivity index (χ4v) is 1.46. The topological polar surface area (TPSA) is 75.3 Å². The van der Waals surface area contributed by atoms with E-state index in [0.29, 0.717) is 6.42 Å². The predicted octanol–water partition coefficient (Wildman–Crippen LogP) is 0.441. The van der Waals surface area contributed by atoms with Crippen molar-refractivity contribution >= 4 is 5.78 Å². The number of benzene rings is 1. The minimum absolute atomic E-state index is 0.000787. The SMILES string of the molecule is CNCCC(N)C(=O)Cc1cccc(O)c1. The summed E-state index contributed by atoms with van der Waals surface area (Å²) >= 11 is 0. The first-order chi connectivity index (χ1) is 7.63. The minimum atomic E-state index is -0.435. The summed E-state index contributed by atoms with van der Waals surface area (Å²) in [5, 5.41) is 12.2. The average Bonchev–Trinajstić information content (AvgIpc) is 2.25. The zero-order chi connectivity index (χ0) is 12.0. The minimum Gasteiger partial charge on any atom is -0.508 e. The number of carbonyl (C=O) groups is 1. The Morgan fingerprint density at radius 1 is 1.56 bits per heavy atom. The number of rotatable bonds is 6. The van der Waals surface area contributed by atoms with E-state index in [1.54, 1.807) is 18.2 Å². The van der Waals surface area contributed by atoms with E-state index < -0.39 is 6.04 Å². The molecule has 4 N–H and O–H groups in total. The molecular formula is C12H18N2O2. The second-order valence-electron chi connectivity index (χ2n) is 3.81. The normalized spacial score (nSPS) is 12.4. The standard InChI is InChI=1S/C12H18N2O2/c1-14-6-5-11(13)12(16)8-9-3-2-4-10(15)7-9/h2-4,7,11,14-15H,5-6,8,13H2,1H3. The average molecular weight is 222 g/mol. The molecule has 0 spiro atoms. The second kappa shape index (κ2) is 6.25. The summed E-state index contributed by atoms with van der Waals surface area (Å²) in [6.07, 6.45) is 0.910. The van der Waals surface area contributed by atoms with E-state index in [4.69, 9.17) is 5.73 Å². The molecule has 0 heterocycles. The number of hydrogen-bond donors (Lipinski definition) is 3. The highest BCUT2D eigenvalue weighted by Gasteiger charge is 2.13. The first kappa shape index (κ1) is 12.7. The Balaban J connectivity index is 2.50. The number of aromatic hydroxyl groups is 1. The number of nitrogens with one attached hydrogen (secondary N) is 1. The lowest BCUT2D eigenvalue weighted by molar-refractivity contribution is -0.119. The van der Waals surface area contributed by atoms with E-state index in [-0.39, 0.29) is 18.0 Å². The molecule has 1 unspecified atom stereocenters. The number of phenols is 1. The fraction of sp³-hybridized carbons (Fsp3) is 0.417. The number of nitrogens with two attached hydrogens (primary N) is 1. The monoisotopic (exact) mass is 222 g/mol. The summed E-state index contributed by atoms with van der Waals surface area (Å²) in [6, 6.07) is 6.26. The van der Waals surface area contributed by atoms with Crippen molar-refractivity contribution in [3.05, 3.63) is 29.8 Å². The summed E-state index contributed by atoms with van der Waals surface area (Å²) in [5.41, 5.74) is 6.53. The first-order valence-electron chi connectivity index (χ1n) is 5.34. The van der Waals surface area contributed by atoms with Crippen LogP contribution in [0, 0.1) is 0 Å². The Bertz CT molecular complexity index is 353. The molecule has 0 fully saturated rings. The van der Waals surface area contributed by atoms with Crippen LogP contribution >= 0.6 is 0 Å². The van der Waals surface area contributed by atoms with E-state index in [1.165, 1.54) is 0 Å². The lowest BCUT2D eigenvalue weighted by atomic mass is 10.0. The van der Waals surface area contributed by atoms with E-state index in [2.05, 4.69) is 5.32 Å². The van der Waals surface area contributed by atoms with Crippen LogP contribution in [0.3, 0.4) is 0 Å². The van der Waals surface area contributed by atoms with E-state index in [9.17, 15) is 9.90 Å². The molecule has 1 atom stereocenters. The van der Waals surface area contributed by atoms with Crippen LogP contribution in [0.25, 0.3) is 0 Å². The third kappa shape index (κ3) is 4.00. The number of ketones is 1. The molecule has 0 bridgehead atoms. The van der Waals surface area contributed by atoms with Crippen molar-refractivity contribution < 1.29 is 9.90 Å². The number of Topliss-reactive ketones (excluding diaryl/α,β-unsaturated/α-hetero) is 1. The maximum atomic E-state index is 11.7. The summed E-state index contributed by atoms with van der Waals surface area (Å²) in [5.74, 6) is 0.176. The highest BCUT2D eigenvalue weighted by Crippen LogP contribution is 2.12. The molecule has 0 radical (unpaired) electrons. The molecule has 0 aliphatic rings. The Morgan fingerprint density at radius 3 is 2.94 bits per heavy atom. The van der Waals surface area contributed by atoms with E-state index in [1.807, 2.05) is 13.1 Å². The van der Waals surface area contributed by atoms with Crippen LogP contribution in [0.2, 0.25) is 0 Å². The van der Waals surface area contributed by atoms with Gasteiger partial charge in [-0.2, -0.15) is 0 Å². The molecule has 88 valence electrons. The summed E-state index contributed by atoms with van der Waals surface area (Å²) in [7, 11) is 1.83. The third-order valence-electron chi connectivity index (χ3n) is 2.41. The maximum absolute atomic E-state index is 11.7. The van der Waals surface area contributed by atoms with Gasteiger partial charge in [-0.15, -0.1) is 0 Å². The predicted molar refractivity (Wildman–Crippen MR) is 63.3 cm³/mol. The Hall–Kier alpha value is -1.39. The van der Waals surface area contributed by atoms with Gasteiger partial charge in [-0.25, -0.2) is 0 Å². The van der Waals surface area contributed by atoms with Gasteiger partial charge in [0.1, 0.15) is 5.75 Å². The summed E-state index contributed by atoms with van der Waals surface area (Å²) < 4.78 is 0. The van der Waals surface area contributed by atoms with Gasteiger partial charge in [0, 0.05) is 6.42 Å². The van der Waals surface area contributed by atoms with Crippen LogP contribution < -0.4 is 11.1 Å². The van der Waals surface area contributed by atoms with Gasteiger partial charge in [-0.05, 0) is 37.7 Å². The summed E-state index contributed by atoms with van der Waals surface area (Å²) in [4.78, 5) is 11.7. The van der Waals surface area contributed by atoms with Gasteiger partial charge >= 0.3 is 0 Å². The largest absolute Gasteiger partial charge is 0.508 e. The van der Waals surface area contributed by atoms with Crippen molar-refractivity contribution in [1.82, 2.24) is 5.32 Å². The maximum Gasteiger partial charge on any atom is 0.153 e. The lowest BCUT2D eigenvalue weighted by Crippen LogP contribution is -2.34. The second-order valence-corrected chi connectivity index (χ2v) is 3.81. The molecular weight excluding hydrogens is 204 g/mol. The van der Waals surface area contributed by atoms with Crippen LogP contribution in [-0.2, 0) is 11.2 Å². The van der Waals surface area contributed by atoms with Crippen molar-refractivity contribution in [2.45, 2.75) is 18.9 Å². The third-order valence-corrected chi connectivity index (χ3v) is 2.41. The van der Waals surface area contributed by atoms with Crippen LogP contribution in [0.4, 0.5) is 0 Å². The van der Waals surface area contributed by atoms with Crippen LogP contribution in [0.5, 0.6) is 5.75 Å². The van der Waals surface area contributed by atoms with Crippen molar-refractivity contribution in [2.75, 3.05) is 13.6 Å². The Kier molecular flexibility index (Phi) is 4.95. The quantitative estimate of drug-likeness (QED) is 0.653. The fourth-order valence-electron chi connectivity index (χ4n) is 1.46. The van der Waals surface area contributed by atoms with Crippen molar-refractivity contribution in [3.8, 4) is 5.75 Å². The van der Waals surface area contributed by atoms with Gasteiger partial charge in [0.2, 0.25) is 0 Å². The van der Waals surface area contributed by atoms with Crippen LogP contribution in [0.1, 0.15) is 12.0 Å². The van der Waals surface area contributed by atoms with Crippen molar-refractivity contribution in [2.24, 2.45) is 5.73 Å². The number of carbonyl (C=O) groups excluding carboxylic acids is 1. The number of phenolic OH excluding ortho intramolecular Hbond substituents is 1.